The summed E-state index contributed by atoms with van der Waals surface area (Å²) in [6, 6.07) is 7.07. The lowest BCUT2D eigenvalue weighted by Gasteiger charge is -2.29. The molecule has 18 heavy (non-hydrogen) atoms. The zero-order valence-corrected chi connectivity index (χ0v) is 12.6. The van der Waals surface area contributed by atoms with E-state index in [2.05, 4.69) is 44.3 Å². The minimum Gasteiger partial charge on any atom is -0.494 e. The average molecular weight is 270 g/mol. The van der Waals surface area contributed by atoms with Gasteiger partial charge >= 0.3 is 0 Å². The quantitative estimate of drug-likeness (QED) is 0.905. The summed E-state index contributed by atoms with van der Waals surface area (Å²) in [5.74, 6) is 0.997. The number of ether oxygens (including phenoxy) is 1. The second-order valence-corrected chi connectivity index (χ2v) is 5.29. The van der Waals surface area contributed by atoms with Crippen LogP contribution in [-0.2, 0) is 11.8 Å². The molecule has 1 unspecified atom stereocenters. The van der Waals surface area contributed by atoms with E-state index >= 15 is 0 Å². The van der Waals surface area contributed by atoms with Crippen LogP contribution < -0.4 is 10.1 Å². The largest absolute Gasteiger partial charge is 0.494 e. The molecule has 2 nitrogen and oxygen atoms in total. The van der Waals surface area contributed by atoms with Crippen molar-refractivity contribution in [2.24, 2.45) is 0 Å². The Balaban J connectivity index is 0.00000162. The highest BCUT2D eigenvalue weighted by Crippen LogP contribution is 2.40. The van der Waals surface area contributed by atoms with Crippen LogP contribution in [0.4, 0.5) is 0 Å². The number of likely N-dealkylation sites (N-methyl/N-ethyl adjacent to an activating group) is 1. The van der Waals surface area contributed by atoms with Crippen LogP contribution in [0.1, 0.15) is 38.8 Å². The van der Waals surface area contributed by atoms with Gasteiger partial charge in [-0.3, -0.25) is 0 Å². The van der Waals surface area contributed by atoms with Gasteiger partial charge in [0.05, 0.1) is 6.61 Å². The number of hydrogen-bond donors (Lipinski definition) is 1. The molecule has 0 radical (unpaired) electrons. The highest BCUT2D eigenvalue weighted by Gasteiger charge is 2.38. The van der Waals surface area contributed by atoms with E-state index in [1.54, 1.807) is 0 Å². The highest BCUT2D eigenvalue weighted by molar-refractivity contribution is 5.85. The van der Waals surface area contributed by atoms with E-state index < -0.39 is 0 Å². The predicted molar refractivity (Wildman–Crippen MR) is 79.1 cm³/mol. The van der Waals surface area contributed by atoms with Crippen LogP contribution in [0.2, 0.25) is 0 Å². The van der Waals surface area contributed by atoms with Crippen molar-refractivity contribution in [3.8, 4) is 5.75 Å². The van der Waals surface area contributed by atoms with Crippen molar-refractivity contribution in [3.63, 3.8) is 0 Å². The lowest BCUT2D eigenvalue weighted by molar-refractivity contribution is 0.337. The number of rotatable bonds is 4. The molecule has 0 saturated carbocycles. The van der Waals surface area contributed by atoms with Gasteiger partial charge in [0.1, 0.15) is 5.75 Å². The Morgan fingerprint density at radius 1 is 1.33 bits per heavy atom. The third kappa shape index (κ3) is 2.65. The fourth-order valence-corrected chi connectivity index (χ4v) is 2.83. The summed E-state index contributed by atoms with van der Waals surface area (Å²) < 4.78 is 5.60. The summed E-state index contributed by atoms with van der Waals surface area (Å²) in [4.78, 5) is 0. The number of halogens is 1. The Labute approximate surface area is 117 Å². The zero-order chi connectivity index (χ0) is 12.5. The van der Waals surface area contributed by atoms with Crippen molar-refractivity contribution >= 4 is 12.4 Å². The Hall–Kier alpha value is -0.730. The zero-order valence-electron chi connectivity index (χ0n) is 11.7. The van der Waals surface area contributed by atoms with Gasteiger partial charge in [0, 0.05) is 11.5 Å². The van der Waals surface area contributed by atoms with Crippen molar-refractivity contribution in [3.05, 3.63) is 29.3 Å². The molecule has 0 spiro atoms. The molecule has 1 N–H and O–H groups in total. The minimum absolute atomic E-state index is 0. The summed E-state index contributed by atoms with van der Waals surface area (Å²) >= 11 is 0. The summed E-state index contributed by atoms with van der Waals surface area (Å²) in [7, 11) is 0. The maximum absolute atomic E-state index is 5.60. The van der Waals surface area contributed by atoms with Gasteiger partial charge in [-0.2, -0.15) is 0 Å². The fourth-order valence-electron chi connectivity index (χ4n) is 2.83. The first-order valence-corrected chi connectivity index (χ1v) is 6.59. The van der Waals surface area contributed by atoms with Crippen LogP contribution in [0.15, 0.2) is 18.2 Å². The maximum Gasteiger partial charge on any atom is 0.119 e. The molecule has 3 heteroatoms. The first kappa shape index (κ1) is 15.3. The number of fused-ring (bicyclic) bond motifs is 1. The molecule has 0 amide bonds. The van der Waals surface area contributed by atoms with E-state index in [1.165, 1.54) is 11.1 Å². The summed E-state index contributed by atoms with van der Waals surface area (Å²) in [6.45, 7) is 10.6. The number of benzene rings is 1. The minimum atomic E-state index is 0. The van der Waals surface area contributed by atoms with Gasteiger partial charge in [-0.25, -0.2) is 0 Å². The fraction of sp³-hybridized carbons (Fsp3) is 0.600. The van der Waals surface area contributed by atoms with Gasteiger partial charge in [0.2, 0.25) is 0 Å². The van der Waals surface area contributed by atoms with E-state index in [1.807, 2.05) is 6.92 Å². The van der Waals surface area contributed by atoms with E-state index in [9.17, 15) is 0 Å². The van der Waals surface area contributed by atoms with E-state index in [-0.39, 0.29) is 17.8 Å². The molecule has 0 aliphatic heterocycles. The van der Waals surface area contributed by atoms with Crippen LogP contribution >= 0.6 is 12.4 Å². The first-order valence-electron chi connectivity index (χ1n) is 6.59. The average Bonchev–Trinajstić information content (AvgIpc) is 2.53. The summed E-state index contributed by atoms with van der Waals surface area (Å²) in [5.41, 5.74) is 3.09. The van der Waals surface area contributed by atoms with Gasteiger partial charge in [0.15, 0.2) is 0 Å². The van der Waals surface area contributed by atoms with Gasteiger partial charge in [0.25, 0.3) is 0 Å². The lowest BCUT2D eigenvalue weighted by atomic mass is 9.83. The maximum atomic E-state index is 5.60. The van der Waals surface area contributed by atoms with Gasteiger partial charge in [-0.1, -0.05) is 26.8 Å². The molecule has 1 atom stereocenters. The van der Waals surface area contributed by atoms with Gasteiger partial charge < -0.3 is 10.1 Å². The lowest BCUT2D eigenvalue weighted by Crippen LogP contribution is -2.41. The number of nitrogens with one attached hydrogen (secondary N) is 1. The normalized spacial score (nSPS) is 20.1. The predicted octanol–water partition coefficient (Wildman–Crippen LogP) is 3.32. The van der Waals surface area contributed by atoms with Crippen molar-refractivity contribution in [2.45, 2.75) is 45.6 Å². The van der Waals surface area contributed by atoms with Crippen LogP contribution in [0.3, 0.4) is 0 Å². The number of hydrogen-bond acceptors (Lipinski definition) is 2. The molecule has 0 heterocycles. The second-order valence-electron chi connectivity index (χ2n) is 5.29. The molecule has 102 valence electrons. The molecule has 1 aromatic carbocycles. The van der Waals surface area contributed by atoms with E-state index in [0.29, 0.717) is 6.04 Å². The van der Waals surface area contributed by atoms with Crippen LogP contribution in [0, 0.1) is 0 Å². The van der Waals surface area contributed by atoms with E-state index in [0.717, 1.165) is 25.3 Å². The third-order valence-corrected chi connectivity index (χ3v) is 3.83. The molecule has 0 bridgehead atoms. The molecule has 1 aliphatic carbocycles. The molecule has 0 fully saturated rings. The molecule has 1 aliphatic rings. The SMILES string of the molecule is CCNC1Cc2ccc(OCC)cc2C1(C)C.Cl. The van der Waals surface area contributed by atoms with Crippen molar-refractivity contribution in [2.75, 3.05) is 13.2 Å². The third-order valence-electron chi connectivity index (χ3n) is 3.83. The monoisotopic (exact) mass is 269 g/mol. The van der Waals surface area contributed by atoms with Gasteiger partial charge in [-0.05, 0) is 43.1 Å². The Morgan fingerprint density at radius 3 is 2.67 bits per heavy atom. The second kappa shape index (κ2) is 5.94. The smallest absolute Gasteiger partial charge is 0.119 e. The highest BCUT2D eigenvalue weighted by atomic mass is 35.5. The molecule has 0 saturated heterocycles. The summed E-state index contributed by atoms with van der Waals surface area (Å²) in [6.07, 6.45) is 1.13. The van der Waals surface area contributed by atoms with Crippen LogP contribution in [-0.4, -0.2) is 19.2 Å². The summed E-state index contributed by atoms with van der Waals surface area (Å²) in [5, 5.41) is 3.59. The molecular weight excluding hydrogens is 246 g/mol. The molecule has 1 aromatic rings. The van der Waals surface area contributed by atoms with Crippen molar-refractivity contribution in [1.29, 1.82) is 0 Å². The molecule has 2 rings (SSSR count). The standard InChI is InChI=1S/C15H23NO.ClH/c1-5-16-14-9-11-7-8-12(17-6-2)10-13(11)15(14,3)4;/h7-8,10,14,16H,5-6,9H2,1-4H3;1H. The first-order chi connectivity index (χ1) is 8.09. The topological polar surface area (TPSA) is 21.3 Å². The van der Waals surface area contributed by atoms with E-state index in [4.69, 9.17) is 4.74 Å². The Morgan fingerprint density at radius 2 is 2.06 bits per heavy atom. The Kier molecular flexibility index (Phi) is 5.06. The van der Waals surface area contributed by atoms with Gasteiger partial charge in [-0.15, -0.1) is 12.4 Å². The Bertz CT molecular complexity index is 403. The van der Waals surface area contributed by atoms with Crippen molar-refractivity contribution < 1.29 is 4.74 Å². The van der Waals surface area contributed by atoms with Crippen LogP contribution in [0.25, 0.3) is 0 Å². The van der Waals surface area contributed by atoms with Crippen LogP contribution in [0.5, 0.6) is 5.75 Å². The van der Waals surface area contributed by atoms with Crippen molar-refractivity contribution in [1.82, 2.24) is 5.32 Å². The molecular formula is C15H24ClNO. The molecule has 0 aromatic heterocycles.